The molecule has 0 atom stereocenters. The Morgan fingerprint density at radius 1 is 1.57 bits per heavy atom. The first-order chi connectivity index (χ1) is 6.64. The van der Waals surface area contributed by atoms with Gasteiger partial charge >= 0.3 is 0 Å². The van der Waals surface area contributed by atoms with Gasteiger partial charge in [-0.15, -0.1) is 11.3 Å². The first-order valence-electron chi connectivity index (χ1n) is 4.87. The molecule has 0 radical (unpaired) electrons. The molecule has 0 unspecified atom stereocenters. The molecule has 0 saturated heterocycles. The van der Waals surface area contributed by atoms with Gasteiger partial charge in [-0.2, -0.15) is 0 Å². The highest BCUT2D eigenvalue weighted by atomic mass is 32.1. The number of thiazole rings is 1. The molecule has 0 bridgehead atoms. The minimum atomic E-state index is -0.0913. The molecule has 0 aliphatic rings. The van der Waals surface area contributed by atoms with Crippen LogP contribution in [0, 0.1) is 0 Å². The average molecular weight is 214 g/mol. The molecule has 0 aliphatic carbocycles. The van der Waals surface area contributed by atoms with E-state index in [1.54, 1.807) is 11.3 Å². The molecule has 1 aromatic heterocycles. The Kier molecular flexibility index (Phi) is 4.51. The SMILES string of the molecule is CCOC(C)(C)CNCc1nccs1. The summed E-state index contributed by atoms with van der Waals surface area (Å²) in [5.74, 6) is 0. The van der Waals surface area contributed by atoms with Crippen molar-refractivity contribution < 1.29 is 4.74 Å². The van der Waals surface area contributed by atoms with E-state index in [-0.39, 0.29) is 5.60 Å². The summed E-state index contributed by atoms with van der Waals surface area (Å²) in [6.45, 7) is 8.62. The topological polar surface area (TPSA) is 34.1 Å². The summed E-state index contributed by atoms with van der Waals surface area (Å²) in [5.41, 5.74) is -0.0913. The smallest absolute Gasteiger partial charge is 0.106 e. The van der Waals surface area contributed by atoms with E-state index >= 15 is 0 Å². The molecular formula is C10H18N2OS. The van der Waals surface area contributed by atoms with Gasteiger partial charge in [-0.3, -0.25) is 0 Å². The van der Waals surface area contributed by atoms with Crippen LogP contribution in [0.4, 0.5) is 0 Å². The van der Waals surface area contributed by atoms with E-state index in [4.69, 9.17) is 4.74 Å². The van der Waals surface area contributed by atoms with Gasteiger partial charge < -0.3 is 10.1 Å². The Labute approximate surface area is 89.5 Å². The quantitative estimate of drug-likeness (QED) is 0.787. The van der Waals surface area contributed by atoms with E-state index in [0.29, 0.717) is 0 Å². The highest BCUT2D eigenvalue weighted by Crippen LogP contribution is 2.08. The standard InChI is InChI=1S/C10H18N2OS/c1-4-13-10(2,3)8-11-7-9-12-5-6-14-9/h5-6,11H,4,7-8H2,1-3H3. The van der Waals surface area contributed by atoms with E-state index in [9.17, 15) is 0 Å². The number of hydrogen-bond donors (Lipinski definition) is 1. The number of nitrogens with one attached hydrogen (secondary N) is 1. The fourth-order valence-electron chi connectivity index (χ4n) is 1.25. The third kappa shape index (κ3) is 4.17. The predicted molar refractivity (Wildman–Crippen MR) is 59.5 cm³/mol. The van der Waals surface area contributed by atoms with Gasteiger partial charge in [-0.25, -0.2) is 4.98 Å². The van der Waals surface area contributed by atoms with E-state index in [0.717, 1.165) is 24.7 Å². The molecule has 3 nitrogen and oxygen atoms in total. The fraction of sp³-hybridized carbons (Fsp3) is 0.700. The Bertz CT molecular complexity index is 247. The maximum atomic E-state index is 5.57. The molecule has 1 rings (SSSR count). The molecule has 0 saturated carbocycles. The van der Waals surface area contributed by atoms with Crippen molar-refractivity contribution in [1.29, 1.82) is 0 Å². The van der Waals surface area contributed by atoms with Crippen LogP contribution in [-0.4, -0.2) is 23.7 Å². The number of ether oxygens (including phenoxy) is 1. The fourth-order valence-corrected chi connectivity index (χ4v) is 1.84. The molecule has 0 aliphatic heterocycles. The van der Waals surface area contributed by atoms with Crippen LogP contribution in [0.3, 0.4) is 0 Å². The van der Waals surface area contributed by atoms with Crippen molar-refractivity contribution in [2.45, 2.75) is 32.9 Å². The maximum Gasteiger partial charge on any atom is 0.106 e. The van der Waals surface area contributed by atoms with Crippen LogP contribution < -0.4 is 5.32 Å². The zero-order valence-corrected chi connectivity index (χ0v) is 9.86. The lowest BCUT2D eigenvalue weighted by Crippen LogP contribution is -2.37. The monoisotopic (exact) mass is 214 g/mol. The summed E-state index contributed by atoms with van der Waals surface area (Å²) in [7, 11) is 0. The highest BCUT2D eigenvalue weighted by Gasteiger charge is 2.16. The van der Waals surface area contributed by atoms with Crippen LogP contribution >= 0.6 is 11.3 Å². The predicted octanol–water partition coefficient (Wildman–Crippen LogP) is 2.05. The van der Waals surface area contributed by atoms with Gasteiger partial charge in [-0.05, 0) is 20.8 Å². The zero-order valence-electron chi connectivity index (χ0n) is 9.04. The van der Waals surface area contributed by atoms with Gasteiger partial charge in [0.2, 0.25) is 0 Å². The molecule has 0 fully saturated rings. The van der Waals surface area contributed by atoms with Crippen molar-refractivity contribution in [1.82, 2.24) is 10.3 Å². The summed E-state index contributed by atoms with van der Waals surface area (Å²) in [5, 5.41) is 6.45. The Morgan fingerprint density at radius 3 is 2.93 bits per heavy atom. The van der Waals surface area contributed by atoms with Gasteiger partial charge in [0.1, 0.15) is 5.01 Å². The van der Waals surface area contributed by atoms with Crippen molar-refractivity contribution in [2.75, 3.05) is 13.2 Å². The van der Waals surface area contributed by atoms with Crippen molar-refractivity contribution in [3.63, 3.8) is 0 Å². The second-order valence-electron chi connectivity index (χ2n) is 3.72. The lowest BCUT2D eigenvalue weighted by atomic mass is 10.1. The second-order valence-corrected chi connectivity index (χ2v) is 4.70. The summed E-state index contributed by atoms with van der Waals surface area (Å²) >= 11 is 1.67. The Balaban J connectivity index is 2.20. The van der Waals surface area contributed by atoms with Crippen LogP contribution in [0.15, 0.2) is 11.6 Å². The number of hydrogen-bond acceptors (Lipinski definition) is 4. The van der Waals surface area contributed by atoms with Crippen LogP contribution in [-0.2, 0) is 11.3 Å². The molecule has 14 heavy (non-hydrogen) atoms. The summed E-state index contributed by atoms with van der Waals surface area (Å²) in [6, 6.07) is 0. The molecule has 1 aromatic rings. The lowest BCUT2D eigenvalue weighted by molar-refractivity contribution is -0.00897. The first-order valence-corrected chi connectivity index (χ1v) is 5.75. The summed E-state index contributed by atoms with van der Waals surface area (Å²) in [6.07, 6.45) is 1.83. The number of nitrogens with zero attached hydrogens (tertiary/aromatic N) is 1. The minimum absolute atomic E-state index is 0.0913. The van der Waals surface area contributed by atoms with Gasteiger partial charge in [0, 0.05) is 31.3 Å². The van der Waals surface area contributed by atoms with E-state index in [2.05, 4.69) is 24.1 Å². The number of rotatable bonds is 6. The second kappa shape index (κ2) is 5.44. The van der Waals surface area contributed by atoms with Gasteiger partial charge in [0.25, 0.3) is 0 Å². The Hall–Kier alpha value is -0.450. The summed E-state index contributed by atoms with van der Waals surface area (Å²) in [4.78, 5) is 4.20. The van der Waals surface area contributed by atoms with Crippen molar-refractivity contribution in [3.05, 3.63) is 16.6 Å². The minimum Gasteiger partial charge on any atom is -0.375 e. The lowest BCUT2D eigenvalue weighted by Gasteiger charge is -2.24. The largest absolute Gasteiger partial charge is 0.375 e. The number of aromatic nitrogens is 1. The van der Waals surface area contributed by atoms with E-state index in [1.165, 1.54) is 0 Å². The third-order valence-corrected chi connectivity index (χ3v) is 2.63. The van der Waals surface area contributed by atoms with E-state index < -0.39 is 0 Å². The van der Waals surface area contributed by atoms with Gasteiger partial charge in [0.15, 0.2) is 0 Å². The molecule has 4 heteroatoms. The molecule has 80 valence electrons. The van der Waals surface area contributed by atoms with Crippen LogP contribution in [0.5, 0.6) is 0 Å². The molecule has 0 spiro atoms. The normalized spacial score (nSPS) is 11.9. The maximum absolute atomic E-state index is 5.57. The summed E-state index contributed by atoms with van der Waals surface area (Å²) < 4.78 is 5.57. The molecule has 1 N–H and O–H groups in total. The average Bonchev–Trinajstić information content (AvgIpc) is 2.56. The molecule has 1 heterocycles. The van der Waals surface area contributed by atoms with Crippen LogP contribution in [0.25, 0.3) is 0 Å². The van der Waals surface area contributed by atoms with Crippen molar-refractivity contribution in [3.8, 4) is 0 Å². The van der Waals surface area contributed by atoms with Crippen LogP contribution in [0.1, 0.15) is 25.8 Å². The highest BCUT2D eigenvalue weighted by molar-refractivity contribution is 7.09. The zero-order chi connectivity index (χ0) is 10.4. The van der Waals surface area contributed by atoms with E-state index in [1.807, 2.05) is 18.5 Å². The van der Waals surface area contributed by atoms with Crippen molar-refractivity contribution in [2.24, 2.45) is 0 Å². The molecular weight excluding hydrogens is 196 g/mol. The molecule has 0 amide bonds. The van der Waals surface area contributed by atoms with Crippen LogP contribution in [0.2, 0.25) is 0 Å². The van der Waals surface area contributed by atoms with Gasteiger partial charge in [-0.1, -0.05) is 0 Å². The van der Waals surface area contributed by atoms with Gasteiger partial charge in [0.05, 0.1) is 5.60 Å². The Morgan fingerprint density at radius 2 is 2.36 bits per heavy atom. The van der Waals surface area contributed by atoms with Crippen molar-refractivity contribution >= 4 is 11.3 Å². The first kappa shape index (κ1) is 11.6. The molecule has 0 aromatic carbocycles. The third-order valence-electron chi connectivity index (χ3n) is 1.85.